The highest BCUT2D eigenvalue weighted by atomic mass is 14.3. The zero-order valence-corrected chi connectivity index (χ0v) is 40.5. The molecule has 6 aromatic carbocycles. The summed E-state index contributed by atoms with van der Waals surface area (Å²) in [5.74, 6) is 0. The second kappa shape index (κ2) is 20.7. The summed E-state index contributed by atoms with van der Waals surface area (Å²) in [4.78, 5) is 0. The van der Waals surface area contributed by atoms with Crippen molar-refractivity contribution in [2.24, 2.45) is 0 Å². The molecular formula is C66H76. The summed E-state index contributed by atoms with van der Waals surface area (Å²) in [6.45, 7) is 0. The van der Waals surface area contributed by atoms with Crippen molar-refractivity contribution in [3.05, 3.63) is 208 Å². The monoisotopic (exact) mass is 869 g/mol. The minimum Gasteiger partial charge on any atom is -0.0617 e. The molecule has 66 heavy (non-hydrogen) atoms. The van der Waals surface area contributed by atoms with E-state index >= 15 is 0 Å². The van der Waals surface area contributed by atoms with Crippen LogP contribution in [0.1, 0.15) is 175 Å². The first-order valence-electron chi connectivity index (χ1n) is 27.3. The first-order chi connectivity index (χ1) is 32.6. The zero-order chi connectivity index (χ0) is 44.1. The first kappa shape index (κ1) is 43.9. The van der Waals surface area contributed by atoms with E-state index in [0.29, 0.717) is 0 Å². The van der Waals surface area contributed by atoms with Crippen LogP contribution in [-0.4, -0.2) is 0 Å². The van der Waals surface area contributed by atoms with Gasteiger partial charge in [-0.05, 0) is 304 Å². The highest BCUT2D eigenvalue weighted by Crippen LogP contribution is 2.33. The largest absolute Gasteiger partial charge is 0.0617 e. The Hall–Kier alpha value is -4.68. The summed E-state index contributed by atoms with van der Waals surface area (Å²) >= 11 is 0. The third kappa shape index (κ3) is 10.4. The third-order valence-electron chi connectivity index (χ3n) is 17.1. The van der Waals surface area contributed by atoms with E-state index < -0.39 is 0 Å². The Bertz CT molecular complexity index is 2330. The van der Waals surface area contributed by atoms with Crippen LogP contribution in [0.4, 0.5) is 0 Å². The summed E-state index contributed by atoms with van der Waals surface area (Å²) < 4.78 is 0. The predicted molar refractivity (Wildman–Crippen MR) is 279 cm³/mol. The van der Waals surface area contributed by atoms with Gasteiger partial charge in [-0.1, -0.05) is 97.1 Å². The van der Waals surface area contributed by atoms with Crippen LogP contribution in [0.5, 0.6) is 0 Å². The Morgan fingerprint density at radius 3 is 0.439 bits per heavy atom. The van der Waals surface area contributed by atoms with Crippen molar-refractivity contribution >= 4 is 0 Å². The molecule has 0 saturated heterocycles. The predicted octanol–water partition coefficient (Wildman–Crippen LogP) is 15.0. The second-order valence-electron chi connectivity index (χ2n) is 21.7. The van der Waals surface area contributed by atoms with E-state index in [1.165, 1.54) is 215 Å². The molecule has 20 bridgehead atoms. The van der Waals surface area contributed by atoms with Gasteiger partial charge in [0.05, 0.1) is 0 Å². The molecule has 0 saturated carbocycles. The molecule has 0 amide bonds. The van der Waals surface area contributed by atoms with Gasteiger partial charge in [-0.25, -0.2) is 0 Å². The van der Waals surface area contributed by atoms with Crippen LogP contribution >= 0.6 is 0 Å². The number of aryl methyl sites for hydroxylation is 20. The fraction of sp³-hybridized carbons (Fsp3) is 0.455. The molecule has 0 nitrogen and oxygen atoms in total. The van der Waals surface area contributed by atoms with E-state index in [2.05, 4.69) is 97.1 Å². The molecular weight excluding hydrogens is 793 g/mol. The van der Waals surface area contributed by atoms with Crippen molar-refractivity contribution in [3.63, 3.8) is 0 Å². The maximum absolute atomic E-state index is 2.74. The number of hydrogen-bond acceptors (Lipinski definition) is 0. The number of rotatable bonds is 0. The van der Waals surface area contributed by atoms with Gasteiger partial charge in [-0.2, -0.15) is 0 Å². The van der Waals surface area contributed by atoms with Gasteiger partial charge in [0.1, 0.15) is 0 Å². The minimum absolute atomic E-state index is 1.20. The van der Waals surface area contributed by atoms with Gasteiger partial charge in [0.2, 0.25) is 0 Å². The van der Waals surface area contributed by atoms with Crippen LogP contribution < -0.4 is 0 Å². The molecule has 5 aliphatic rings. The molecule has 5 aliphatic carbocycles. The Morgan fingerprint density at radius 1 is 0.152 bits per heavy atom. The van der Waals surface area contributed by atoms with Crippen molar-refractivity contribution in [1.29, 1.82) is 0 Å². The van der Waals surface area contributed by atoms with Gasteiger partial charge >= 0.3 is 0 Å². The van der Waals surface area contributed by atoms with E-state index in [1.807, 2.05) is 0 Å². The Labute approximate surface area is 399 Å². The lowest BCUT2D eigenvalue weighted by Crippen LogP contribution is -2.10. The van der Waals surface area contributed by atoms with E-state index in [1.54, 1.807) is 89.0 Å². The number of benzene rings is 6. The molecule has 0 atom stereocenters. The lowest BCUT2D eigenvalue weighted by Gasteiger charge is -2.23. The molecule has 0 N–H and O–H groups in total. The SMILES string of the molecule is c1cc2cc(c1)CCCc1cc(c3cc1CCCc1cc(c4cc1CCCc1cc(c5cc1CCCc1cc(c6cc1CCCc1cccc(c1)CCC6)CCC5)CCC4)CCC3)CCC2. The topological polar surface area (TPSA) is 0 Å². The zero-order valence-electron chi connectivity index (χ0n) is 40.5. The molecule has 11 rings (SSSR count). The van der Waals surface area contributed by atoms with Crippen molar-refractivity contribution in [2.75, 3.05) is 0 Å². The maximum atomic E-state index is 2.74. The quantitative estimate of drug-likeness (QED) is 0.143. The van der Waals surface area contributed by atoms with Gasteiger partial charge in [0, 0.05) is 0 Å². The van der Waals surface area contributed by atoms with E-state index in [4.69, 9.17) is 0 Å². The van der Waals surface area contributed by atoms with Crippen molar-refractivity contribution in [3.8, 4) is 0 Å². The van der Waals surface area contributed by atoms with Gasteiger partial charge in [0.15, 0.2) is 0 Å². The Balaban J connectivity index is 0.822. The summed E-state index contributed by atoms with van der Waals surface area (Å²) in [6, 6.07) is 40.8. The van der Waals surface area contributed by atoms with Crippen molar-refractivity contribution in [1.82, 2.24) is 0 Å². The number of fused-ring (bicyclic) bond motifs is 28. The maximum Gasteiger partial charge on any atom is -0.0273 e. The van der Waals surface area contributed by atoms with Crippen LogP contribution in [0.25, 0.3) is 0 Å². The number of hydrogen-bond donors (Lipinski definition) is 0. The average molecular weight is 869 g/mol. The van der Waals surface area contributed by atoms with Crippen LogP contribution in [0.3, 0.4) is 0 Å². The molecule has 0 heteroatoms. The summed E-state index contributed by atoms with van der Waals surface area (Å²) in [5, 5.41) is 0. The van der Waals surface area contributed by atoms with Gasteiger partial charge in [-0.15, -0.1) is 0 Å². The van der Waals surface area contributed by atoms with Gasteiger partial charge < -0.3 is 0 Å². The standard InChI is InChI=1S/C66H76/c1-13-47-17-3-21-51-39-52(22-4-18-48(14-1)37-47)56-26-8-30-60-43-59(29-7-25-55(51)41-56)63-33-11-35-65-46-66(36-12-34-64(60)45-63)62-32-10-28-58-42-57(27-9-31-61(65)44-62)53-23-5-19-49-15-2-16-50(38-49)20-6-24-54(58)40-53/h1-2,13-16,37-46H,3-12,17-36H2. The normalized spacial score (nSPS) is 18.3. The molecule has 340 valence electrons. The van der Waals surface area contributed by atoms with Crippen molar-refractivity contribution in [2.45, 2.75) is 193 Å². The first-order valence-corrected chi connectivity index (χ1v) is 27.3. The molecule has 0 aromatic heterocycles. The lowest BCUT2D eigenvalue weighted by molar-refractivity contribution is 0.714. The Kier molecular flexibility index (Phi) is 13.7. The average Bonchev–Trinajstić information content (AvgIpc) is 3.31. The van der Waals surface area contributed by atoms with E-state index in [0.717, 1.165) is 0 Å². The van der Waals surface area contributed by atoms with Crippen molar-refractivity contribution < 1.29 is 0 Å². The van der Waals surface area contributed by atoms with Crippen LogP contribution in [0.15, 0.2) is 97.1 Å². The fourth-order valence-electron chi connectivity index (χ4n) is 13.5. The lowest BCUT2D eigenvalue weighted by atomic mass is 9.82. The highest BCUT2D eigenvalue weighted by molar-refractivity contribution is 5.45. The summed E-state index contributed by atoms with van der Waals surface area (Å²) in [5.41, 5.74) is 32.8. The van der Waals surface area contributed by atoms with Gasteiger partial charge in [0.25, 0.3) is 0 Å². The van der Waals surface area contributed by atoms with E-state index in [9.17, 15) is 0 Å². The minimum atomic E-state index is 1.20. The molecule has 0 fully saturated rings. The molecule has 0 heterocycles. The van der Waals surface area contributed by atoms with E-state index in [-0.39, 0.29) is 0 Å². The smallest absolute Gasteiger partial charge is 0.0273 e. The molecule has 0 aliphatic heterocycles. The van der Waals surface area contributed by atoms with Crippen LogP contribution in [0, 0.1) is 0 Å². The molecule has 0 unspecified atom stereocenters. The van der Waals surface area contributed by atoms with Gasteiger partial charge in [-0.3, -0.25) is 0 Å². The highest BCUT2D eigenvalue weighted by Gasteiger charge is 2.20. The second-order valence-corrected chi connectivity index (χ2v) is 21.7. The molecule has 6 aromatic rings. The Morgan fingerprint density at radius 2 is 0.288 bits per heavy atom. The van der Waals surface area contributed by atoms with Crippen LogP contribution in [0.2, 0.25) is 0 Å². The fourth-order valence-corrected chi connectivity index (χ4v) is 13.5. The summed E-state index contributed by atoms with van der Waals surface area (Å²) in [7, 11) is 0. The summed E-state index contributed by atoms with van der Waals surface area (Å²) in [6.07, 6.45) is 36.8. The molecule has 0 radical (unpaired) electrons. The third-order valence-corrected chi connectivity index (χ3v) is 17.1. The van der Waals surface area contributed by atoms with Crippen LogP contribution in [-0.2, 0) is 128 Å². The molecule has 0 spiro atoms.